The Hall–Kier alpha value is -3.52. The molecular formula is C26H25FN4O2S. The van der Waals surface area contributed by atoms with Crippen LogP contribution in [0.15, 0.2) is 58.7 Å². The van der Waals surface area contributed by atoms with Gasteiger partial charge < -0.3 is 10.2 Å². The van der Waals surface area contributed by atoms with E-state index in [1.165, 1.54) is 17.4 Å². The molecule has 1 aliphatic heterocycles. The zero-order valence-electron chi connectivity index (χ0n) is 19.0. The summed E-state index contributed by atoms with van der Waals surface area (Å²) in [5.74, 6) is -0.0408. The summed E-state index contributed by atoms with van der Waals surface area (Å²) in [6, 6.07) is 14.4. The maximum Gasteiger partial charge on any atom is 0.277 e. The van der Waals surface area contributed by atoms with Gasteiger partial charge in [-0.2, -0.15) is 0 Å². The highest BCUT2D eigenvalue weighted by molar-refractivity contribution is 7.17. The first-order valence-corrected chi connectivity index (χ1v) is 12.2. The summed E-state index contributed by atoms with van der Waals surface area (Å²) in [5.41, 5.74) is 3.50. The lowest BCUT2D eigenvalue weighted by Gasteiger charge is -2.33. The fourth-order valence-corrected chi connectivity index (χ4v) is 5.06. The van der Waals surface area contributed by atoms with Crippen molar-refractivity contribution in [3.63, 3.8) is 0 Å². The van der Waals surface area contributed by atoms with Crippen molar-refractivity contribution in [1.29, 1.82) is 0 Å². The number of aromatic nitrogens is 2. The molecule has 0 radical (unpaired) electrons. The molecule has 1 amide bonds. The molecule has 1 saturated heterocycles. The third-order valence-electron chi connectivity index (χ3n) is 6.34. The summed E-state index contributed by atoms with van der Waals surface area (Å²) in [6.07, 6.45) is 1.23. The molecule has 8 heteroatoms. The minimum absolute atomic E-state index is 0.0832. The fourth-order valence-electron chi connectivity index (χ4n) is 4.30. The van der Waals surface area contributed by atoms with E-state index in [0.29, 0.717) is 53.3 Å². The van der Waals surface area contributed by atoms with Crippen molar-refractivity contribution in [1.82, 2.24) is 9.55 Å². The second kappa shape index (κ2) is 9.02. The van der Waals surface area contributed by atoms with E-state index >= 15 is 0 Å². The van der Waals surface area contributed by atoms with Gasteiger partial charge in [0, 0.05) is 24.7 Å². The summed E-state index contributed by atoms with van der Waals surface area (Å²) in [4.78, 5) is 33.1. The Bertz CT molecular complexity index is 1420. The van der Waals surface area contributed by atoms with E-state index in [-0.39, 0.29) is 23.2 Å². The average molecular weight is 477 g/mol. The number of fused-ring (bicyclic) bond motifs is 1. The lowest BCUT2D eigenvalue weighted by molar-refractivity contribution is -0.120. The molecule has 0 atom stereocenters. The molecule has 3 heterocycles. The van der Waals surface area contributed by atoms with Crippen molar-refractivity contribution in [3.05, 3.63) is 81.2 Å². The summed E-state index contributed by atoms with van der Waals surface area (Å²) in [6.45, 7) is 4.88. The second-order valence-electron chi connectivity index (χ2n) is 8.74. The maximum absolute atomic E-state index is 13.8. The number of amides is 1. The highest BCUT2D eigenvalue weighted by Crippen LogP contribution is 2.27. The number of carbonyl (C=O) groups excluding carboxylic acids is 1. The molecule has 6 nitrogen and oxygen atoms in total. The van der Waals surface area contributed by atoms with Crippen LogP contribution in [-0.4, -0.2) is 28.5 Å². The van der Waals surface area contributed by atoms with E-state index in [0.717, 1.165) is 11.3 Å². The molecule has 0 saturated carbocycles. The molecule has 4 aromatic rings. The molecule has 34 heavy (non-hydrogen) atoms. The number of benzene rings is 2. The maximum atomic E-state index is 13.8. The van der Waals surface area contributed by atoms with Crippen LogP contribution in [0.4, 0.5) is 16.0 Å². The van der Waals surface area contributed by atoms with Gasteiger partial charge in [-0.3, -0.25) is 9.59 Å². The van der Waals surface area contributed by atoms with E-state index in [1.807, 2.05) is 42.6 Å². The van der Waals surface area contributed by atoms with Gasteiger partial charge in [0.25, 0.3) is 5.56 Å². The zero-order valence-corrected chi connectivity index (χ0v) is 19.9. The van der Waals surface area contributed by atoms with Crippen molar-refractivity contribution in [2.45, 2.75) is 26.7 Å². The van der Waals surface area contributed by atoms with E-state index in [2.05, 4.69) is 10.2 Å². The third kappa shape index (κ3) is 4.21. The normalized spacial score (nSPS) is 14.5. The molecule has 2 aromatic heterocycles. The number of rotatable bonds is 4. The first-order valence-electron chi connectivity index (χ1n) is 11.3. The lowest BCUT2D eigenvalue weighted by Crippen LogP contribution is -2.41. The van der Waals surface area contributed by atoms with Gasteiger partial charge in [0.1, 0.15) is 10.5 Å². The van der Waals surface area contributed by atoms with Gasteiger partial charge in [0.15, 0.2) is 0 Å². The highest BCUT2D eigenvalue weighted by Gasteiger charge is 2.28. The summed E-state index contributed by atoms with van der Waals surface area (Å²) in [7, 11) is 0. The molecular weight excluding hydrogens is 451 g/mol. The molecule has 2 aromatic carbocycles. The van der Waals surface area contributed by atoms with Gasteiger partial charge >= 0.3 is 0 Å². The molecule has 1 N–H and O–H groups in total. The predicted molar refractivity (Wildman–Crippen MR) is 135 cm³/mol. The summed E-state index contributed by atoms with van der Waals surface area (Å²) in [5, 5.41) is 4.72. The summed E-state index contributed by atoms with van der Waals surface area (Å²) >= 11 is 1.39. The smallest absolute Gasteiger partial charge is 0.277 e. The molecule has 0 bridgehead atoms. The van der Waals surface area contributed by atoms with E-state index in [9.17, 15) is 14.0 Å². The van der Waals surface area contributed by atoms with Gasteiger partial charge in [-0.1, -0.05) is 23.8 Å². The largest absolute Gasteiger partial charge is 0.342 e. The van der Waals surface area contributed by atoms with Crippen molar-refractivity contribution in [2.24, 2.45) is 5.92 Å². The summed E-state index contributed by atoms with van der Waals surface area (Å²) < 4.78 is 16.1. The van der Waals surface area contributed by atoms with Gasteiger partial charge in [-0.15, -0.1) is 11.3 Å². The van der Waals surface area contributed by atoms with Crippen LogP contribution < -0.4 is 15.8 Å². The van der Waals surface area contributed by atoms with Crippen LogP contribution in [0.25, 0.3) is 15.9 Å². The standard InChI is InChI=1S/C26H25FN4O2S/c1-16-3-7-20(8-4-16)31-25(33)23-22(11-14-34-23)29-26(31)30-12-9-18(10-13-30)24(32)28-19-6-5-17(2)21(27)15-19/h3-8,11,14-15,18H,9-10,12-13H2,1-2H3,(H,28,32). The second-order valence-corrected chi connectivity index (χ2v) is 9.65. The van der Waals surface area contributed by atoms with Gasteiger partial charge in [-0.25, -0.2) is 13.9 Å². The number of piperidine rings is 1. The van der Waals surface area contributed by atoms with Crippen molar-refractivity contribution < 1.29 is 9.18 Å². The number of aryl methyl sites for hydroxylation is 2. The minimum Gasteiger partial charge on any atom is -0.342 e. The number of halogens is 1. The third-order valence-corrected chi connectivity index (χ3v) is 7.23. The van der Waals surface area contributed by atoms with Crippen molar-refractivity contribution in [2.75, 3.05) is 23.3 Å². The van der Waals surface area contributed by atoms with Crippen LogP contribution in [0.3, 0.4) is 0 Å². The minimum atomic E-state index is -0.336. The van der Waals surface area contributed by atoms with Gasteiger partial charge in [0.2, 0.25) is 11.9 Å². The molecule has 1 aliphatic rings. The van der Waals surface area contributed by atoms with Crippen LogP contribution in [0.5, 0.6) is 0 Å². The van der Waals surface area contributed by atoms with Crippen LogP contribution in [0, 0.1) is 25.6 Å². The number of nitrogens with zero attached hydrogens (tertiary/aromatic N) is 3. The number of thiophene rings is 1. The molecule has 0 spiro atoms. The number of hydrogen-bond donors (Lipinski definition) is 1. The van der Waals surface area contributed by atoms with Gasteiger partial charge in [0.05, 0.1) is 11.2 Å². The fraction of sp³-hybridized carbons (Fsp3) is 0.269. The predicted octanol–water partition coefficient (Wildman–Crippen LogP) is 5.06. The van der Waals surface area contributed by atoms with Crippen molar-refractivity contribution >= 4 is 39.1 Å². The highest BCUT2D eigenvalue weighted by atomic mass is 32.1. The number of hydrogen-bond acceptors (Lipinski definition) is 5. The quantitative estimate of drug-likeness (QED) is 0.447. The Morgan fingerprint density at radius 2 is 1.82 bits per heavy atom. The number of anilines is 2. The van der Waals surface area contributed by atoms with E-state index in [1.54, 1.807) is 23.6 Å². The first kappa shape index (κ1) is 22.3. The lowest BCUT2D eigenvalue weighted by atomic mass is 9.96. The topological polar surface area (TPSA) is 67.2 Å². The van der Waals surface area contributed by atoms with Crippen LogP contribution >= 0.6 is 11.3 Å². The van der Waals surface area contributed by atoms with E-state index < -0.39 is 0 Å². The Labute approximate surface area is 200 Å². The molecule has 1 fully saturated rings. The first-order chi connectivity index (χ1) is 16.4. The van der Waals surface area contributed by atoms with Crippen LogP contribution in [0.2, 0.25) is 0 Å². The average Bonchev–Trinajstić information content (AvgIpc) is 3.31. The molecule has 0 unspecified atom stereocenters. The number of nitrogens with one attached hydrogen (secondary N) is 1. The van der Waals surface area contributed by atoms with Crippen LogP contribution in [-0.2, 0) is 4.79 Å². The SMILES string of the molecule is Cc1ccc(-n2c(N3CCC(C(=O)Nc4ccc(C)c(F)c4)CC3)nc3ccsc3c2=O)cc1. The molecule has 174 valence electrons. The number of carbonyl (C=O) groups is 1. The molecule has 5 rings (SSSR count). The Balaban J connectivity index is 1.38. The van der Waals surface area contributed by atoms with Crippen molar-refractivity contribution in [3.8, 4) is 5.69 Å². The van der Waals surface area contributed by atoms with Gasteiger partial charge in [-0.05, 0) is 68.0 Å². The van der Waals surface area contributed by atoms with Crippen LogP contribution in [0.1, 0.15) is 24.0 Å². The zero-order chi connectivity index (χ0) is 23.8. The Morgan fingerprint density at radius 1 is 1.09 bits per heavy atom. The van der Waals surface area contributed by atoms with E-state index in [4.69, 9.17) is 4.98 Å². The molecule has 0 aliphatic carbocycles. The monoisotopic (exact) mass is 476 g/mol. The Kier molecular flexibility index (Phi) is 5.91. The Morgan fingerprint density at radius 3 is 2.53 bits per heavy atom.